The summed E-state index contributed by atoms with van der Waals surface area (Å²) in [6.45, 7) is 0.953. The Kier molecular flexibility index (Phi) is 3.80. The highest BCUT2D eigenvalue weighted by Gasteiger charge is 2.54. The minimum atomic E-state index is -2.83. The molecule has 22 heavy (non-hydrogen) atoms. The molecule has 0 radical (unpaired) electrons. The number of hydrogen-bond acceptors (Lipinski definition) is 3. The number of methoxy groups -OCH3 is 1. The van der Waals surface area contributed by atoms with Gasteiger partial charge in [0.25, 0.3) is 5.92 Å². The van der Waals surface area contributed by atoms with Gasteiger partial charge in [0.15, 0.2) is 0 Å². The highest BCUT2D eigenvalue weighted by Crippen LogP contribution is 2.43. The van der Waals surface area contributed by atoms with E-state index in [0.29, 0.717) is 31.8 Å². The molecular weight excluding hydrogens is 290 g/mol. The predicted octanol–water partition coefficient (Wildman–Crippen LogP) is 2.04. The Hall–Kier alpha value is -1.69. The van der Waals surface area contributed by atoms with Gasteiger partial charge < -0.3 is 10.1 Å². The second-order valence-corrected chi connectivity index (χ2v) is 6.32. The molecule has 1 amide bonds. The van der Waals surface area contributed by atoms with Crippen molar-refractivity contribution in [2.75, 3.05) is 26.7 Å². The number of rotatable bonds is 3. The van der Waals surface area contributed by atoms with Gasteiger partial charge in [-0.05, 0) is 24.1 Å². The molecule has 0 aromatic heterocycles. The Labute approximate surface area is 128 Å². The molecule has 2 fully saturated rings. The van der Waals surface area contributed by atoms with Crippen LogP contribution in [0, 0.1) is 5.41 Å². The van der Waals surface area contributed by atoms with Gasteiger partial charge in [0.1, 0.15) is 5.75 Å². The summed E-state index contributed by atoms with van der Waals surface area (Å²) in [4.78, 5) is 13.7. The van der Waals surface area contributed by atoms with Crippen molar-refractivity contribution in [3.63, 3.8) is 0 Å². The van der Waals surface area contributed by atoms with Crippen LogP contribution in [0.4, 0.5) is 8.78 Å². The van der Waals surface area contributed by atoms with Crippen LogP contribution >= 0.6 is 0 Å². The molecule has 0 saturated carbocycles. The van der Waals surface area contributed by atoms with Crippen LogP contribution in [0.5, 0.6) is 5.75 Å². The van der Waals surface area contributed by atoms with Crippen LogP contribution in [0.1, 0.15) is 18.4 Å². The SMILES string of the molecule is COc1cccc(CN2CC(F)(F)CC3(CCNC3=O)C2)c1. The molecule has 2 heterocycles. The molecule has 2 saturated heterocycles. The number of nitrogens with one attached hydrogen (secondary N) is 1. The standard InChI is InChI=1S/C16H20F2N2O2/c1-22-13-4-2-3-12(7-13)8-20-10-15(5-6-19-14(15)21)9-16(17,18)11-20/h2-4,7H,5-6,8-11H2,1H3,(H,19,21). The van der Waals surface area contributed by atoms with Gasteiger partial charge in [-0.2, -0.15) is 0 Å². The molecule has 2 aliphatic rings. The Bertz CT molecular complexity index is 579. The number of ether oxygens (including phenoxy) is 1. The first-order valence-corrected chi connectivity index (χ1v) is 7.44. The monoisotopic (exact) mass is 310 g/mol. The maximum Gasteiger partial charge on any atom is 0.261 e. The maximum absolute atomic E-state index is 14.1. The fourth-order valence-corrected chi connectivity index (χ4v) is 3.59. The molecule has 1 aromatic carbocycles. The predicted molar refractivity (Wildman–Crippen MR) is 77.9 cm³/mol. The molecule has 1 spiro atoms. The van der Waals surface area contributed by atoms with E-state index in [1.165, 1.54) is 0 Å². The second-order valence-electron chi connectivity index (χ2n) is 6.32. The van der Waals surface area contributed by atoms with E-state index < -0.39 is 11.3 Å². The molecule has 1 N–H and O–H groups in total. The van der Waals surface area contributed by atoms with Crippen molar-refractivity contribution in [2.45, 2.75) is 25.3 Å². The van der Waals surface area contributed by atoms with Gasteiger partial charge in [0.2, 0.25) is 5.91 Å². The summed E-state index contributed by atoms with van der Waals surface area (Å²) in [6, 6.07) is 7.39. The van der Waals surface area contributed by atoms with Crippen LogP contribution in [0.3, 0.4) is 0 Å². The molecule has 0 bridgehead atoms. The number of likely N-dealkylation sites (tertiary alicyclic amines) is 1. The summed E-state index contributed by atoms with van der Waals surface area (Å²) in [5.74, 6) is -2.36. The number of piperidine rings is 1. The normalized spacial score (nSPS) is 27.9. The minimum absolute atomic E-state index is 0.234. The van der Waals surface area contributed by atoms with Crippen LogP contribution < -0.4 is 10.1 Å². The average Bonchev–Trinajstić information content (AvgIpc) is 2.77. The van der Waals surface area contributed by atoms with Gasteiger partial charge in [-0.15, -0.1) is 0 Å². The van der Waals surface area contributed by atoms with E-state index in [1.807, 2.05) is 24.3 Å². The molecule has 1 aromatic rings. The van der Waals surface area contributed by atoms with E-state index in [9.17, 15) is 13.6 Å². The molecule has 1 atom stereocenters. The Morgan fingerprint density at radius 2 is 2.18 bits per heavy atom. The lowest BCUT2D eigenvalue weighted by atomic mass is 9.77. The van der Waals surface area contributed by atoms with Gasteiger partial charge in [0.05, 0.1) is 19.1 Å². The van der Waals surface area contributed by atoms with Gasteiger partial charge in [0, 0.05) is 26.1 Å². The molecule has 3 rings (SSSR count). The van der Waals surface area contributed by atoms with Crippen molar-refractivity contribution in [1.82, 2.24) is 10.2 Å². The van der Waals surface area contributed by atoms with Crippen LogP contribution in [0.2, 0.25) is 0 Å². The summed E-state index contributed by atoms with van der Waals surface area (Å²) >= 11 is 0. The molecule has 4 nitrogen and oxygen atoms in total. The summed E-state index contributed by atoms with van der Waals surface area (Å²) in [7, 11) is 1.58. The highest BCUT2D eigenvalue weighted by atomic mass is 19.3. The fourth-order valence-electron chi connectivity index (χ4n) is 3.59. The third-order valence-electron chi connectivity index (χ3n) is 4.49. The number of halogens is 2. The van der Waals surface area contributed by atoms with Crippen LogP contribution in [-0.4, -0.2) is 43.5 Å². The van der Waals surface area contributed by atoms with Gasteiger partial charge in [-0.3, -0.25) is 9.69 Å². The van der Waals surface area contributed by atoms with E-state index in [0.717, 1.165) is 5.56 Å². The van der Waals surface area contributed by atoms with Crippen molar-refractivity contribution < 1.29 is 18.3 Å². The number of hydrogen-bond donors (Lipinski definition) is 1. The molecule has 1 unspecified atom stereocenters. The largest absolute Gasteiger partial charge is 0.497 e. The third kappa shape index (κ3) is 2.92. The molecule has 0 aliphatic carbocycles. The molecular formula is C16H20F2N2O2. The quantitative estimate of drug-likeness (QED) is 0.929. The van der Waals surface area contributed by atoms with E-state index in [1.54, 1.807) is 12.0 Å². The minimum Gasteiger partial charge on any atom is -0.497 e. The summed E-state index contributed by atoms with van der Waals surface area (Å²) in [6.07, 6.45) is 0.135. The van der Waals surface area contributed by atoms with Crippen molar-refractivity contribution in [3.05, 3.63) is 29.8 Å². The second kappa shape index (κ2) is 5.50. The van der Waals surface area contributed by atoms with Crippen molar-refractivity contribution in [2.24, 2.45) is 5.41 Å². The number of carbonyl (C=O) groups is 1. The zero-order valence-corrected chi connectivity index (χ0v) is 12.6. The van der Waals surface area contributed by atoms with Crippen LogP contribution in [0.25, 0.3) is 0 Å². The van der Waals surface area contributed by atoms with Gasteiger partial charge in [-0.1, -0.05) is 12.1 Å². The van der Waals surface area contributed by atoms with Crippen molar-refractivity contribution in [3.8, 4) is 5.75 Å². The van der Waals surface area contributed by atoms with Crippen LogP contribution in [-0.2, 0) is 11.3 Å². The zero-order valence-electron chi connectivity index (χ0n) is 12.6. The van der Waals surface area contributed by atoms with E-state index in [4.69, 9.17) is 4.74 Å². The van der Waals surface area contributed by atoms with E-state index >= 15 is 0 Å². The lowest BCUT2D eigenvalue weighted by Crippen LogP contribution is -2.54. The summed E-state index contributed by atoms with van der Waals surface area (Å²) in [5.41, 5.74) is -0.0359. The number of nitrogens with zero attached hydrogens (tertiary/aromatic N) is 1. The smallest absolute Gasteiger partial charge is 0.261 e. The Morgan fingerprint density at radius 3 is 2.86 bits per heavy atom. The molecule has 120 valence electrons. The first kappa shape index (κ1) is 15.2. The number of amides is 1. The first-order valence-electron chi connectivity index (χ1n) is 7.44. The topological polar surface area (TPSA) is 41.6 Å². The lowest BCUT2D eigenvalue weighted by Gasteiger charge is -2.42. The molecule has 2 aliphatic heterocycles. The maximum atomic E-state index is 14.1. The number of carbonyl (C=O) groups excluding carboxylic acids is 1. The van der Waals surface area contributed by atoms with Crippen molar-refractivity contribution in [1.29, 1.82) is 0 Å². The van der Waals surface area contributed by atoms with Gasteiger partial charge >= 0.3 is 0 Å². The Morgan fingerprint density at radius 1 is 1.36 bits per heavy atom. The zero-order chi connectivity index (χ0) is 15.8. The number of benzene rings is 1. The fraction of sp³-hybridized carbons (Fsp3) is 0.562. The van der Waals surface area contributed by atoms with Crippen molar-refractivity contribution >= 4 is 5.91 Å². The molecule has 6 heteroatoms. The van der Waals surface area contributed by atoms with Crippen LogP contribution in [0.15, 0.2) is 24.3 Å². The summed E-state index contributed by atoms with van der Waals surface area (Å²) in [5, 5.41) is 2.70. The first-order chi connectivity index (χ1) is 10.4. The summed E-state index contributed by atoms with van der Waals surface area (Å²) < 4.78 is 33.4. The number of alkyl halides is 2. The van der Waals surface area contributed by atoms with E-state index in [2.05, 4.69) is 5.32 Å². The van der Waals surface area contributed by atoms with Gasteiger partial charge in [-0.25, -0.2) is 8.78 Å². The average molecular weight is 310 g/mol. The Balaban J connectivity index is 1.79. The van der Waals surface area contributed by atoms with E-state index in [-0.39, 0.29) is 18.9 Å². The lowest BCUT2D eigenvalue weighted by molar-refractivity contribution is -0.149. The third-order valence-corrected chi connectivity index (χ3v) is 4.49. The highest BCUT2D eigenvalue weighted by molar-refractivity contribution is 5.85.